The van der Waals surface area contributed by atoms with Gasteiger partial charge in [-0.3, -0.25) is 9.59 Å². The molecule has 0 amide bonds. The number of rotatable bonds is 5. The molecule has 24 heavy (non-hydrogen) atoms. The molecule has 128 valence electrons. The van der Waals surface area contributed by atoms with E-state index in [2.05, 4.69) is 21.2 Å². The molecular weight excluding hydrogens is 378 g/mol. The van der Waals surface area contributed by atoms with Crippen LogP contribution in [0.2, 0.25) is 0 Å². The SMILES string of the molecule is COc1cc(NC2=C(Br)C(=O)C(C)=C(C)C2=O)cc(OC)c1OC. The van der Waals surface area contributed by atoms with Crippen LogP contribution >= 0.6 is 15.9 Å². The molecule has 0 fully saturated rings. The number of benzene rings is 1. The number of ether oxygens (including phenoxy) is 3. The van der Waals surface area contributed by atoms with Gasteiger partial charge in [-0.15, -0.1) is 0 Å². The number of anilines is 1. The second kappa shape index (κ2) is 7.09. The average Bonchev–Trinajstić information content (AvgIpc) is 2.60. The number of methoxy groups -OCH3 is 3. The van der Waals surface area contributed by atoms with E-state index in [9.17, 15) is 9.59 Å². The number of allylic oxidation sites excluding steroid dienone is 3. The normalized spacial score (nSPS) is 14.9. The number of nitrogens with one attached hydrogen (secondary N) is 1. The minimum Gasteiger partial charge on any atom is -0.493 e. The van der Waals surface area contributed by atoms with E-state index < -0.39 is 0 Å². The molecule has 1 aromatic carbocycles. The molecule has 1 aliphatic carbocycles. The van der Waals surface area contributed by atoms with Gasteiger partial charge in [0.1, 0.15) is 5.70 Å². The van der Waals surface area contributed by atoms with Crippen molar-refractivity contribution in [2.45, 2.75) is 13.8 Å². The maximum atomic E-state index is 12.5. The van der Waals surface area contributed by atoms with Gasteiger partial charge in [-0.2, -0.15) is 0 Å². The highest BCUT2D eigenvalue weighted by Crippen LogP contribution is 2.41. The fourth-order valence-electron chi connectivity index (χ4n) is 2.32. The van der Waals surface area contributed by atoms with Crippen LogP contribution in [0.1, 0.15) is 13.8 Å². The number of carbonyl (C=O) groups excluding carboxylic acids is 2. The Balaban J connectivity index is 2.48. The minimum atomic E-state index is -0.243. The zero-order chi connectivity index (χ0) is 18.0. The molecule has 0 saturated heterocycles. The molecule has 0 aromatic heterocycles. The third kappa shape index (κ3) is 3.03. The van der Waals surface area contributed by atoms with Crippen LogP contribution in [0.4, 0.5) is 5.69 Å². The third-order valence-corrected chi connectivity index (χ3v) is 4.58. The Morgan fingerprint density at radius 2 is 1.38 bits per heavy atom. The summed E-state index contributed by atoms with van der Waals surface area (Å²) in [4.78, 5) is 24.7. The number of Topliss-reactive ketones (excluding diaryl/α,β-unsaturated/α-hetero) is 2. The smallest absolute Gasteiger partial charge is 0.206 e. The van der Waals surface area contributed by atoms with Gasteiger partial charge < -0.3 is 19.5 Å². The molecule has 0 saturated carbocycles. The second-order valence-corrected chi connectivity index (χ2v) is 5.93. The summed E-state index contributed by atoms with van der Waals surface area (Å²) in [6.45, 7) is 3.26. The lowest BCUT2D eigenvalue weighted by Gasteiger charge is -2.20. The van der Waals surface area contributed by atoms with E-state index in [1.54, 1.807) is 26.0 Å². The first-order chi connectivity index (χ1) is 11.3. The zero-order valence-corrected chi connectivity index (χ0v) is 15.7. The van der Waals surface area contributed by atoms with Crippen molar-refractivity contribution in [3.8, 4) is 17.2 Å². The summed E-state index contributed by atoms with van der Waals surface area (Å²) in [5, 5.41) is 2.98. The summed E-state index contributed by atoms with van der Waals surface area (Å²) in [5.41, 5.74) is 1.56. The Hall–Kier alpha value is -2.28. The van der Waals surface area contributed by atoms with Crippen LogP contribution in [-0.2, 0) is 9.59 Å². The number of hydrogen-bond acceptors (Lipinski definition) is 6. The summed E-state index contributed by atoms with van der Waals surface area (Å²) in [7, 11) is 4.51. The van der Waals surface area contributed by atoms with Gasteiger partial charge in [0.25, 0.3) is 0 Å². The third-order valence-electron chi connectivity index (χ3n) is 3.82. The van der Waals surface area contributed by atoms with Crippen molar-refractivity contribution >= 4 is 33.2 Å². The Kier molecular flexibility index (Phi) is 5.33. The number of ketones is 2. The number of halogens is 1. The van der Waals surface area contributed by atoms with Crippen molar-refractivity contribution < 1.29 is 23.8 Å². The molecule has 7 heteroatoms. The van der Waals surface area contributed by atoms with Crippen molar-refractivity contribution in [1.29, 1.82) is 0 Å². The van der Waals surface area contributed by atoms with Crippen LogP contribution in [0.25, 0.3) is 0 Å². The van der Waals surface area contributed by atoms with Gasteiger partial charge in [-0.25, -0.2) is 0 Å². The molecule has 1 aromatic rings. The Morgan fingerprint density at radius 3 is 1.83 bits per heavy atom. The van der Waals surface area contributed by atoms with E-state index in [1.165, 1.54) is 21.3 Å². The van der Waals surface area contributed by atoms with Crippen LogP contribution in [0.3, 0.4) is 0 Å². The lowest BCUT2D eigenvalue weighted by molar-refractivity contribution is -0.115. The first-order valence-corrected chi connectivity index (χ1v) is 7.88. The van der Waals surface area contributed by atoms with Gasteiger partial charge in [-0.1, -0.05) is 0 Å². The standard InChI is InChI=1S/C17H18BrNO5/c1-8-9(2)16(21)14(13(18)15(8)20)19-10-6-11(22-3)17(24-5)12(7-10)23-4/h6-7,19H,1-5H3. The maximum absolute atomic E-state index is 12.5. The Labute approximate surface area is 148 Å². The van der Waals surface area contributed by atoms with Gasteiger partial charge in [0.15, 0.2) is 17.3 Å². The largest absolute Gasteiger partial charge is 0.493 e. The van der Waals surface area contributed by atoms with Gasteiger partial charge in [-0.05, 0) is 29.8 Å². The fraction of sp³-hybridized carbons (Fsp3) is 0.294. The minimum absolute atomic E-state index is 0.178. The van der Waals surface area contributed by atoms with E-state index in [0.717, 1.165) is 0 Å². The first kappa shape index (κ1) is 18.1. The Morgan fingerprint density at radius 1 is 0.875 bits per heavy atom. The molecule has 2 rings (SSSR count). The topological polar surface area (TPSA) is 73.9 Å². The predicted octanol–water partition coefficient (Wildman–Crippen LogP) is 3.22. The molecule has 1 N–H and O–H groups in total. The van der Waals surface area contributed by atoms with Crippen molar-refractivity contribution in [3.63, 3.8) is 0 Å². The van der Waals surface area contributed by atoms with Crippen molar-refractivity contribution in [2.75, 3.05) is 26.6 Å². The molecule has 1 aliphatic rings. The Bertz CT molecular complexity index is 754. The molecule has 0 aliphatic heterocycles. The quantitative estimate of drug-likeness (QED) is 0.771. The van der Waals surface area contributed by atoms with Crippen LogP contribution in [0.15, 0.2) is 33.5 Å². The van der Waals surface area contributed by atoms with Crippen LogP contribution in [0.5, 0.6) is 17.2 Å². The number of carbonyl (C=O) groups is 2. The van der Waals surface area contributed by atoms with E-state index in [-0.39, 0.29) is 21.7 Å². The van der Waals surface area contributed by atoms with Gasteiger partial charge in [0, 0.05) is 29.0 Å². The molecule has 0 spiro atoms. The van der Waals surface area contributed by atoms with Gasteiger partial charge in [0.05, 0.1) is 25.8 Å². The van der Waals surface area contributed by atoms with Crippen molar-refractivity contribution in [1.82, 2.24) is 0 Å². The van der Waals surface area contributed by atoms with Crippen LogP contribution in [-0.4, -0.2) is 32.9 Å². The van der Waals surface area contributed by atoms with Crippen LogP contribution < -0.4 is 19.5 Å². The van der Waals surface area contributed by atoms with E-state index in [0.29, 0.717) is 34.1 Å². The monoisotopic (exact) mass is 395 g/mol. The number of hydrogen-bond donors (Lipinski definition) is 1. The zero-order valence-electron chi connectivity index (χ0n) is 14.1. The van der Waals surface area contributed by atoms with Crippen LogP contribution in [0, 0.1) is 0 Å². The highest BCUT2D eigenvalue weighted by atomic mass is 79.9. The molecule has 6 nitrogen and oxygen atoms in total. The predicted molar refractivity (Wildman–Crippen MR) is 94.1 cm³/mol. The molecule has 0 bridgehead atoms. The summed E-state index contributed by atoms with van der Waals surface area (Å²) < 4.78 is 16.0. The van der Waals surface area contributed by atoms with Crippen molar-refractivity contribution in [3.05, 3.63) is 33.5 Å². The van der Waals surface area contributed by atoms with E-state index in [1.807, 2.05) is 0 Å². The summed E-state index contributed by atoms with van der Waals surface area (Å²) in [6.07, 6.45) is 0. The average molecular weight is 396 g/mol. The van der Waals surface area contributed by atoms with Gasteiger partial charge in [0.2, 0.25) is 11.5 Å². The second-order valence-electron chi connectivity index (χ2n) is 5.14. The first-order valence-electron chi connectivity index (χ1n) is 7.09. The summed E-state index contributed by atoms with van der Waals surface area (Å²) >= 11 is 3.21. The highest BCUT2D eigenvalue weighted by Gasteiger charge is 2.29. The van der Waals surface area contributed by atoms with E-state index >= 15 is 0 Å². The van der Waals surface area contributed by atoms with Crippen molar-refractivity contribution in [2.24, 2.45) is 0 Å². The molecule has 0 radical (unpaired) electrons. The summed E-state index contributed by atoms with van der Waals surface area (Å²) in [6, 6.07) is 3.32. The summed E-state index contributed by atoms with van der Waals surface area (Å²) in [5.74, 6) is 0.856. The molecule has 0 atom stereocenters. The lowest BCUT2D eigenvalue weighted by Crippen LogP contribution is -2.24. The molecule has 0 unspecified atom stereocenters. The van der Waals surface area contributed by atoms with Gasteiger partial charge >= 0.3 is 0 Å². The lowest BCUT2D eigenvalue weighted by atomic mass is 9.95. The molecular formula is C17H18BrNO5. The fourth-order valence-corrected chi connectivity index (χ4v) is 2.89. The molecule has 0 heterocycles. The van der Waals surface area contributed by atoms with E-state index in [4.69, 9.17) is 14.2 Å². The maximum Gasteiger partial charge on any atom is 0.206 e. The highest BCUT2D eigenvalue weighted by molar-refractivity contribution is 9.12.